The number of thiophene rings is 1. The van der Waals surface area contributed by atoms with Crippen molar-refractivity contribution in [3.63, 3.8) is 0 Å². The second-order valence-corrected chi connectivity index (χ2v) is 7.54. The average molecular weight is 354 g/mol. The van der Waals surface area contributed by atoms with E-state index in [1.54, 1.807) is 22.1 Å². The van der Waals surface area contributed by atoms with E-state index in [1.807, 2.05) is 18.2 Å². The number of nitrogens with one attached hydrogen (secondary N) is 1. The van der Waals surface area contributed by atoms with E-state index >= 15 is 0 Å². The highest BCUT2D eigenvalue weighted by Crippen LogP contribution is 2.34. The Balaban J connectivity index is 1.77. The molecular weight excluding hydrogens is 332 g/mol. The Bertz CT molecular complexity index is 945. The summed E-state index contributed by atoms with van der Waals surface area (Å²) in [5.74, 6) is 0.656. The number of pyridine rings is 1. The van der Waals surface area contributed by atoms with Crippen molar-refractivity contribution in [2.24, 2.45) is 0 Å². The van der Waals surface area contributed by atoms with Crippen molar-refractivity contribution in [3.05, 3.63) is 50.9 Å². The van der Waals surface area contributed by atoms with Gasteiger partial charge in [0.15, 0.2) is 0 Å². The normalized spacial score (nSPS) is 13.8. The van der Waals surface area contributed by atoms with Crippen LogP contribution >= 0.6 is 11.3 Å². The van der Waals surface area contributed by atoms with Crippen molar-refractivity contribution in [3.8, 4) is 0 Å². The molecule has 5 nitrogen and oxygen atoms in total. The Morgan fingerprint density at radius 3 is 2.96 bits per heavy atom. The molecule has 0 amide bonds. The van der Waals surface area contributed by atoms with Gasteiger partial charge in [-0.15, -0.1) is 11.3 Å². The van der Waals surface area contributed by atoms with E-state index in [9.17, 15) is 4.79 Å². The van der Waals surface area contributed by atoms with E-state index in [2.05, 4.69) is 17.2 Å². The lowest BCUT2D eigenvalue weighted by atomic mass is 9.97. The van der Waals surface area contributed by atoms with Crippen LogP contribution < -0.4 is 10.9 Å². The molecule has 130 valence electrons. The molecule has 6 heteroatoms. The summed E-state index contributed by atoms with van der Waals surface area (Å²) in [6, 6.07) is 5.84. The van der Waals surface area contributed by atoms with Crippen LogP contribution in [0, 0.1) is 0 Å². The highest BCUT2D eigenvalue weighted by atomic mass is 32.1. The van der Waals surface area contributed by atoms with Crippen LogP contribution in [-0.4, -0.2) is 14.5 Å². The van der Waals surface area contributed by atoms with Crippen molar-refractivity contribution < 1.29 is 0 Å². The molecule has 0 unspecified atom stereocenters. The van der Waals surface area contributed by atoms with Crippen molar-refractivity contribution in [1.29, 1.82) is 0 Å². The summed E-state index contributed by atoms with van der Waals surface area (Å²) in [4.78, 5) is 24.5. The number of nitrogens with zero attached hydrogens (tertiary/aromatic N) is 3. The SMILES string of the molecule is CCCn1c(NCc2ccccn2)nc2sc3c(c2c1=O)CCCC3. The molecule has 3 aromatic rings. The maximum atomic E-state index is 13.2. The Morgan fingerprint density at radius 1 is 1.28 bits per heavy atom. The van der Waals surface area contributed by atoms with Gasteiger partial charge in [-0.2, -0.15) is 0 Å². The number of anilines is 1. The molecule has 0 saturated carbocycles. The fourth-order valence-electron chi connectivity index (χ4n) is 3.48. The second kappa shape index (κ2) is 6.96. The summed E-state index contributed by atoms with van der Waals surface area (Å²) in [6.45, 7) is 3.33. The first-order chi connectivity index (χ1) is 12.3. The summed E-state index contributed by atoms with van der Waals surface area (Å²) in [7, 11) is 0. The van der Waals surface area contributed by atoms with E-state index in [-0.39, 0.29) is 5.56 Å². The summed E-state index contributed by atoms with van der Waals surface area (Å²) in [5.41, 5.74) is 2.30. The molecule has 0 spiro atoms. The molecule has 0 aliphatic heterocycles. The smallest absolute Gasteiger partial charge is 0.263 e. The summed E-state index contributed by atoms with van der Waals surface area (Å²) in [6.07, 6.45) is 7.16. The summed E-state index contributed by atoms with van der Waals surface area (Å²) < 4.78 is 1.80. The molecule has 1 aliphatic carbocycles. The predicted octanol–water partition coefficient (Wildman–Crippen LogP) is 3.75. The van der Waals surface area contributed by atoms with Gasteiger partial charge in [0.1, 0.15) is 4.83 Å². The molecule has 1 N–H and O–H groups in total. The van der Waals surface area contributed by atoms with E-state index in [4.69, 9.17) is 4.98 Å². The van der Waals surface area contributed by atoms with Gasteiger partial charge in [-0.1, -0.05) is 13.0 Å². The third-order valence-corrected chi connectivity index (χ3v) is 5.86. The first-order valence-corrected chi connectivity index (χ1v) is 9.78. The molecule has 25 heavy (non-hydrogen) atoms. The standard InChI is InChI=1S/C19H22N4OS/c1-2-11-23-18(24)16-14-8-3-4-9-15(14)25-17(16)22-19(23)21-12-13-7-5-6-10-20-13/h5-7,10H,2-4,8-9,11-12H2,1H3,(H,21,22). The highest BCUT2D eigenvalue weighted by Gasteiger charge is 2.21. The molecule has 1 aliphatic rings. The fourth-order valence-corrected chi connectivity index (χ4v) is 4.73. The molecule has 4 rings (SSSR count). The molecule has 3 heterocycles. The van der Waals surface area contributed by atoms with Crippen molar-refractivity contribution >= 4 is 27.5 Å². The van der Waals surface area contributed by atoms with Gasteiger partial charge in [-0.25, -0.2) is 4.98 Å². The van der Waals surface area contributed by atoms with Gasteiger partial charge >= 0.3 is 0 Å². The number of fused-ring (bicyclic) bond motifs is 3. The van der Waals surface area contributed by atoms with Crippen molar-refractivity contribution in [2.45, 2.75) is 52.1 Å². The molecule has 3 aromatic heterocycles. The Morgan fingerprint density at radius 2 is 2.16 bits per heavy atom. The van der Waals surface area contributed by atoms with Gasteiger partial charge < -0.3 is 5.32 Å². The van der Waals surface area contributed by atoms with Crippen LogP contribution in [0.4, 0.5) is 5.95 Å². The Kier molecular flexibility index (Phi) is 4.53. The number of aryl methyl sites for hydroxylation is 2. The minimum absolute atomic E-state index is 0.106. The van der Waals surface area contributed by atoms with Gasteiger partial charge in [0.05, 0.1) is 17.6 Å². The third kappa shape index (κ3) is 3.06. The zero-order valence-electron chi connectivity index (χ0n) is 14.4. The van der Waals surface area contributed by atoms with Crippen LogP contribution in [-0.2, 0) is 25.9 Å². The number of hydrogen-bond donors (Lipinski definition) is 1. The Hall–Kier alpha value is -2.21. The molecular formula is C19H22N4OS. The van der Waals surface area contributed by atoms with E-state index < -0.39 is 0 Å². The van der Waals surface area contributed by atoms with Crippen LogP contribution in [0.15, 0.2) is 29.2 Å². The highest BCUT2D eigenvalue weighted by molar-refractivity contribution is 7.18. The maximum Gasteiger partial charge on any atom is 0.263 e. The number of aromatic nitrogens is 3. The first-order valence-electron chi connectivity index (χ1n) is 8.96. The van der Waals surface area contributed by atoms with Crippen LogP contribution in [0.5, 0.6) is 0 Å². The lowest BCUT2D eigenvalue weighted by Crippen LogP contribution is -2.25. The van der Waals surface area contributed by atoms with E-state index in [1.165, 1.54) is 23.3 Å². The van der Waals surface area contributed by atoms with Gasteiger partial charge in [-0.3, -0.25) is 14.3 Å². The predicted molar refractivity (Wildman–Crippen MR) is 102 cm³/mol. The monoisotopic (exact) mass is 354 g/mol. The van der Waals surface area contributed by atoms with Crippen molar-refractivity contribution in [2.75, 3.05) is 5.32 Å². The molecule has 0 fully saturated rings. The largest absolute Gasteiger partial charge is 0.350 e. The second-order valence-electron chi connectivity index (χ2n) is 6.46. The molecule has 0 atom stereocenters. The lowest BCUT2D eigenvalue weighted by molar-refractivity contribution is 0.651. The molecule has 0 aromatic carbocycles. The van der Waals surface area contributed by atoms with E-state index in [0.29, 0.717) is 19.0 Å². The van der Waals surface area contributed by atoms with Gasteiger partial charge in [0.2, 0.25) is 5.95 Å². The van der Waals surface area contributed by atoms with Crippen LogP contribution in [0.1, 0.15) is 42.3 Å². The lowest BCUT2D eigenvalue weighted by Gasteiger charge is -2.14. The van der Waals surface area contributed by atoms with Crippen LogP contribution in [0.3, 0.4) is 0 Å². The molecule has 0 radical (unpaired) electrons. The zero-order valence-corrected chi connectivity index (χ0v) is 15.2. The van der Waals surface area contributed by atoms with Gasteiger partial charge in [-0.05, 0) is 49.8 Å². The average Bonchev–Trinajstić information content (AvgIpc) is 3.02. The topological polar surface area (TPSA) is 59.8 Å². The molecule has 0 bridgehead atoms. The summed E-state index contributed by atoms with van der Waals surface area (Å²) >= 11 is 1.70. The van der Waals surface area contributed by atoms with Gasteiger partial charge in [0.25, 0.3) is 5.56 Å². The van der Waals surface area contributed by atoms with Crippen molar-refractivity contribution in [1.82, 2.24) is 14.5 Å². The van der Waals surface area contributed by atoms with Gasteiger partial charge in [0, 0.05) is 17.6 Å². The first kappa shape index (κ1) is 16.3. The Labute approximate surface area is 150 Å². The minimum atomic E-state index is 0.106. The number of rotatable bonds is 5. The quantitative estimate of drug-likeness (QED) is 0.758. The summed E-state index contributed by atoms with van der Waals surface area (Å²) in [5, 5.41) is 4.18. The van der Waals surface area contributed by atoms with Crippen LogP contribution in [0.2, 0.25) is 0 Å². The van der Waals surface area contributed by atoms with Crippen LogP contribution in [0.25, 0.3) is 10.2 Å². The van der Waals surface area contributed by atoms with E-state index in [0.717, 1.165) is 35.2 Å². The minimum Gasteiger partial charge on any atom is -0.350 e. The fraction of sp³-hybridized carbons (Fsp3) is 0.421. The third-order valence-electron chi connectivity index (χ3n) is 4.68. The zero-order chi connectivity index (χ0) is 17.2. The molecule has 0 saturated heterocycles. The number of hydrogen-bond acceptors (Lipinski definition) is 5. The maximum absolute atomic E-state index is 13.2.